The number of hydrogen-bond acceptors (Lipinski definition) is 3. The minimum atomic E-state index is -0.268. The van der Waals surface area contributed by atoms with Crippen LogP contribution in [0, 0.1) is 52.3 Å². The number of rotatable bonds is 0. The molecule has 4 saturated carbocycles. The fraction of sp³-hybridized carbons (Fsp3) is 1.00. The Kier molecular flexibility index (Phi) is 4.58. The van der Waals surface area contributed by atoms with Crippen molar-refractivity contribution in [3.8, 4) is 0 Å². The van der Waals surface area contributed by atoms with E-state index >= 15 is 0 Å². The van der Waals surface area contributed by atoms with Gasteiger partial charge in [0, 0.05) is 18.4 Å². The summed E-state index contributed by atoms with van der Waals surface area (Å²) in [5.41, 5.74) is 7.40. The Hall–Kier alpha value is -0.120. The average molecular weight is 416 g/mol. The van der Waals surface area contributed by atoms with Gasteiger partial charge in [-0.15, -0.1) is 0 Å². The lowest BCUT2D eigenvalue weighted by molar-refractivity contribution is -0.273. The third kappa shape index (κ3) is 2.61. The second-order valence-corrected chi connectivity index (χ2v) is 13.2. The lowest BCUT2D eigenvalue weighted by Crippen LogP contribution is -2.55. The molecule has 30 heavy (non-hydrogen) atoms. The molecular weight excluding hydrogens is 370 g/mol. The van der Waals surface area contributed by atoms with E-state index in [0.717, 1.165) is 36.7 Å². The van der Waals surface area contributed by atoms with Crippen molar-refractivity contribution in [1.82, 2.24) is 0 Å². The van der Waals surface area contributed by atoms with Gasteiger partial charge in [-0.25, -0.2) is 0 Å². The number of hydrogen-bond donors (Lipinski definition) is 1. The molecule has 0 amide bonds. The molecule has 2 saturated heterocycles. The largest absolute Gasteiger partial charge is 0.349 e. The molecule has 2 N–H and O–H groups in total. The Labute approximate surface area is 184 Å². The molecule has 6 rings (SSSR count). The zero-order valence-electron chi connectivity index (χ0n) is 19.9. The Morgan fingerprint density at radius 2 is 1.63 bits per heavy atom. The van der Waals surface area contributed by atoms with Gasteiger partial charge in [0.1, 0.15) is 0 Å². The number of fused-ring (bicyclic) bond motifs is 7. The van der Waals surface area contributed by atoms with Crippen LogP contribution in [0.4, 0.5) is 0 Å². The topological polar surface area (TPSA) is 44.5 Å². The van der Waals surface area contributed by atoms with E-state index in [1.807, 2.05) is 0 Å². The second-order valence-electron chi connectivity index (χ2n) is 13.2. The zero-order chi connectivity index (χ0) is 20.9. The highest BCUT2D eigenvalue weighted by Gasteiger charge is 2.69. The van der Waals surface area contributed by atoms with Crippen LogP contribution in [-0.2, 0) is 9.47 Å². The molecule has 2 heterocycles. The first-order valence-corrected chi connectivity index (χ1v) is 13.3. The Bertz CT molecular complexity index is 686. The SMILES string of the molecule is C[C@@H]1CC[C@@]2(OC1)O[C@H]1C[C@H]3[C@@H]4CCC5CC(N)CC[C@]5(C)[C@H]4CC[C@]3(C)[C@H]1[C@@H]2C. The van der Waals surface area contributed by atoms with Gasteiger partial charge in [0.05, 0.1) is 12.7 Å². The summed E-state index contributed by atoms with van der Waals surface area (Å²) in [5.74, 6) is 5.25. The van der Waals surface area contributed by atoms with Crippen molar-refractivity contribution in [2.75, 3.05) is 6.61 Å². The molecule has 12 atom stereocenters. The second kappa shape index (κ2) is 6.70. The Morgan fingerprint density at radius 3 is 2.40 bits per heavy atom. The van der Waals surface area contributed by atoms with Gasteiger partial charge in [-0.05, 0) is 104 Å². The van der Waals surface area contributed by atoms with E-state index in [-0.39, 0.29) is 5.79 Å². The smallest absolute Gasteiger partial charge is 0.171 e. The standard InChI is InChI=1S/C27H45NO2/c1-16-7-12-27(29-15-16)17(2)24-23(30-27)14-22-20-6-5-18-13-19(28)8-10-25(18,3)21(20)9-11-26(22,24)4/h16-24H,5-15,28H2,1-4H3/t16-,17+,18?,19?,20-,21+,22+,23+,24+,25+,26+,27-/m1/s1. The molecule has 3 nitrogen and oxygen atoms in total. The molecule has 2 unspecified atom stereocenters. The van der Waals surface area contributed by atoms with E-state index in [0.29, 0.717) is 40.7 Å². The monoisotopic (exact) mass is 415 g/mol. The van der Waals surface area contributed by atoms with Crippen LogP contribution in [0.5, 0.6) is 0 Å². The zero-order valence-corrected chi connectivity index (χ0v) is 19.9. The molecule has 6 fully saturated rings. The van der Waals surface area contributed by atoms with Gasteiger partial charge in [-0.3, -0.25) is 0 Å². The van der Waals surface area contributed by atoms with Crippen LogP contribution < -0.4 is 5.73 Å². The highest BCUT2D eigenvalue weighted by molar-refractivity contribution is 5.15. The summed E-state index contributed by atoms with van der Waals surface area (Å²) < 4.78 is 13.4. The van der Waals surface area contributed by atoms with Crippen molar-refractivity contribution in [3.63, 3.8) is 0 Å². The van der Waals surface area contributed by atoms with Crippen LogP contribution in [0.15, 0.2) is 0 Å². The summed E-state index contributed by atoms with van der Waals surface area (Å²) in [5, 5.41) is 0. The first kappa shape index (κ1) is 20.5. The van der Waals surface area contributed by atoms with E-state index in [1.165, 1.54) is 57.8 Å². The van der Waals surface area contributed by atoms with Crippen molar-refractivity contribution in [2.24, 2.45) is 58.0 Å². The molecule has 0 aromatic heterocycles. The summed E-state index contributed by atoms with van der Waals surface area (Å²) in [6, 6.07) is 0.461. The highest BCUT2D eigenvalue weighted by atomic mass is 16.7. The maximum Gasteiger partial charge on any atom is 0.171 e. The summed E-state index contributed by atoms with van der Waals surface area (Å²) in [6.45, 7) is 11.0. The van der Waals surface area contributed by atoms with Crippen LogP contribution >= 0.6 is 0 Å². The summed E-state index contributed by atoms with van der Waals surface area (Å²) in [4.78, 5) is 0. The van der Waals surface area contributed by atoms with Crippen LogP contribution in [0.2, 0.25) is 0 Å². The van der Waals surface area contributed by atoms with Gasteiger partial charge >= 0.3 is 0 Å². The molecule has 170 valence electrons. The van der Waals surface area contributed by atoms with Crippen molar-refractivity contribution in [1.29, 1.82) is 0 Å². The van der Waals surface area contributed by atoms with Gasteiger partial charge in [0.15, 0.2) is 5.79 Å². The molecule has 2 aliphatic heterocycles. The maximum atomic E-state index is 6.92. The predicted molar refractivity (Wildman–Crippen MR) is 120 cm³/mol. The first-order chi connectivity index (χ1) is 14.3. The van der Waals surface area contributed by atoms with Gasteiger partial charge in [0.2, 0.25) is 0 Å². The van der Waals surface area contributed by atoms with Gasteiger partial charge in [0.25, 0.3) is 0 Å². The first-order valence-electron chi connectivity index (χ1n) is 13.3. The van der Waals surface area contributed by atoms with E-state index < -0.39 is 0 Å². The highest BCUT2D eigenvalue weighted by Crippen LogP contribution is 2.71. The van der Waals surface area contributed by atoms with Crippen molar-refractivity contribution < 1.29 is 9.47 Å². The molecule has 0 aromatic rings. The lowest BCUT2D eigenvalue weighted by Gasteiger charge is -2.61. The van der Waals surface area contributed by atoms with E-state index in [9.17, 15) is 0 Å². The van der Waals surface area contributed by atoms with Gasteiger partial charge in [-0.1, -0.05) is 27.7 Å². The van der Waals surface area contributed by atoms with Crippen LogP contribution in [0.25, 0.3) is 0 Å². The molecular formula is C27H45NO2. The summed E-state index contributed by atoms with van der Waals surface area (Å²) in [7, 11) is 0. The van der Waals surface area contributed by atoms with E-state index in [4.69, 9.17) is 15.2 Å². The maximum absolute atomic E-state index is 6.92. The number of ether oxygens (including phenoxy) is 2. The van der Waals surface area contributed by atoms with Crippen molar-refractivity contribution in [2.45, 2.75) is 110 Å². The minimum absolute atomic E-state index is 0.268. The summed E-state index contributed by atoms with van der Waals surface area (Å²) >= 11 is 0. The van der Waals surface area contributed by atoms with E-state index in [2.05, 4.69) is 27.7 Å². The molecule has 0 aromatic carbocycles. The Balaban J connectivity index is 1.26. The molecule has 4 aliphatic carbocycles. The molecule has 6 aliphatic rings. The average Bonchev–Trinajstić information content (AvgIpc) is 3.16. The van der Waals surface area contributed by atoms with Crippen LogP contribution in [0.3, 0.4) is 0 Å². The van der Waals surface area contributed by atoms with E-state index in [1.54, 1.807) is 0 Å². The fourth-order valence-electron chi connectivity index (χ4n) is 10.3. The van der Waals surface area contributed by atoms with Crippen LogP contribution in [-0.4, -0.2) is 24.5 Å². The van der Waals surface area contributed by atoms with Gasteiger partial charge in [-0.2, -0.15) is 0 Å². The third-order valence-electron chi connectivity index (χ3n) is 12.0. The summed E-state index contributed by atoms with van der Waals surface area (Å²) in [6.07, 6.45) is 13.7. The molecule has 1 spiro atoms. The molecule has 3 heteroatoms. The van der Waals surface area contributed by atoms with Gasteiger partial charge < -0.3 is 15.2 Å². The third-order valence-corrected chi connectivity index (χ3v) is 12.0. The number of nitrogens with two attached hydrogens (primary N) is 1. The molecule has 0 bridgehead atoms. The molecule has 0 radical (unpaired) electrons. The fourth-order valence-corrected chi connectivity index (χ4v) is 10.3. The quantitative estimate of drug-likeness (QED) is 0.547. The van der Waals surface area contributed by atoms with Crippen molar-refractivity contribution >= 4 is 0 Å². The van der Waals surface area contributed by atoms with Crippen LogP contribution in [0.1, 0.15) is 91.9 Å². The normalized spacial score (nSPS) is 62.5. The van der Waals surface area contributed by atoms with Crippen molar-refractivity contribution in [3.05, 3.63) is 0 Å². The Morgan fingerprint density at radius 1 is 0.833 bits per heavy atom. The minimum Gasteiger partial charge on any atom is -0.349 e. The lowest BCUT2D eigenvalue weighted by atomic mass is 9.44. The predicted octanol–water partition coefficient (Wildman–Crippen LogP) is 5.76.